The van der Waals surface area contributed by atoms with Gasteiger partial charge in [-0.05, 0) is 48.7 Å². The number of nitrogens with zero attached hydrogens (tertiary/aromatic N) is 1. The summed E-state index contributed by atoms with van der Waals surface area (Å²) in [6.07, 6.45) is 5.26. The summed E-state index contributed by atoms with van der Waals surface area (Å²) in [4.78, 5) is 25.8. The summed E-state index contributed by atoms with van der Waals surface area (Å²) >= 11 is 1.43. The van der Waals surface area contributed by atoms with Crippen LogP contribution < -0.4 is 10.6 Å². The second kappa shape index (κ2) is 12.5. The zero-order chi connectivity index (χ0) is 26.2. The lowest BCUT2D eigenvalue weighted by Gasteiger charge is -2.09. The minimum Gasteiger partial charge on any atom is -0.350 e. The molecule has 2 N–H and O–H groups in total. The van der Waals surface area contributed by atoms with Crippen LogP contribution in [0.3, 0.4) is 0 Å². The summed E-state index contributed by atoms with van der Waals surface area (Å²) in [5, 5.41) is 6.52. The molecule has 0 aliphatic rings. The van der Waals surface area contributed by atoms with Crippen molar-refractivity contribution in [3.05, 3.63) is 95.7 Å². The average Bonchev–Trinajstić information content (AvgIpc) is 3.24. The number of hydrogen-bond donors (Lipinski definition) is 2. The van der Waals surface area contributed by atoms with E-state index in [1.54, 1.807) is 0 Å². The molecule has 1 heterocycles. The molecular formula is C29H29F2N3O2S. The van der Waals surface area contributed by atoms with Crippen LogP contribution in [0.1, 0.15) is 35.7 Å². The lowest BCUT2D eigenvalue weighted by molar-refractivity contribution is -0.113. The summed E-state index contributed by atoms with van der Waals surface area (Å²) in [7, 11) is 0. The standard InChI is InChI=1S/C29H29F2N3O2S/c1-2-3-7-20-12-14-21(15-13-20)33-27(35)19-37-26-18-34(25-11-5-4-8-22(25)26)17-16-32-29(36)28-23(30)9-6-10-24(28)31/h4-6,8-15,18H,2-3,7,16-17,19H2,1H3,(H,32,36)(H,33,35). The number of carbonyl (C=O) groups excluding carboxylic acids is 2. The fourth-order valence-corrected chi connectivity index (χ4v) is 4.97. The fourth-order valence-electron chi connectivity index (χ4n) is 4.08. The van der Waals surface area contributed by atoms with E-state index in [9.17, 15) is 18.4 Å². The molecule has 0 spiro atoms. The van der Waals surface area contributed by atoms with Crippen LogP contribution >= 0.6 is 11.8 Å². The Balaban J connectivity index is 1.35. The number of thioether (sulfide) groups is 1. The molecule has 0 saturated carbocycles. The van der Waals surface area contributed by atoms with Gasteiger partial charge in [0.1, 0.15) is 17.2 Å². The highest BCUT2D eigenvalue weighted by Crippen LogP contribution is 2.30. The van der Waals surface area contributed by atoms with Crippen molar-refractivity contribution in [2.24, 2.45) is 0 Å². The van der Waals surface area contributed by atoms with Crippen LogP contribution in [0, 0.1) is 11.6 Å². The number of nitrogens with one attached hydrogen (secondary N) is 2. The molecule has 2 amide bonds. The molecule has 0 fully saturated rings. The number of carbonyl (C=O) groups is 2. The molecule has 0 saturated heterocycles. The van der Waals surface area contributed by atoms with Gasteiger partial charge in [0.15, 0.2) is 0 Å². The third-order valence-electron chi connectivity index (χ3n) is 6.00. The van der Waals surface area contributed by atoms with Gasteiger partial charge in [-0.25, -0.2) is 8.78 Å². The van der Waals surface area contributed by atoms with Gasteiger partial charge in [0.2, 0.25) is 5.91 Å². The van der Waals surface area contributed by atoms with Gasteiger partial charge in [-0.15, -0.1) is 11.8 Å². The third kappa shape index (κ3) is 6.77. The molecule has 0 radical (unpaired) electrons. The molecule has 4 rings (SSSR count). The molecule has 4 aromatic rings. The Hall–Kier alpha value is -3.65. The Kier molecular flexibility index (Phi) is 8.95. The monoisotopic (exact) mass is 521 g/mol. The fraction of sp³-hybridized carbons (Fsp3) is 0.241. The van der Waals surface area contributed by atoms with Gasteiger partial charge in [0, 0.05) is 40.8 Å². The highest BCUT2D eigenvalue weighted by molar-refractivity contribution is 8.00. The number of aryl methyl sites for hydroxylation is 1. The second-order valence-electron chi connectivity index (χ2n) is 8.69. The molecule has 8 heteroatoms. The SMILES string of the molecule is CCCCc1ccc(NC(=O)CSc2cn(CCNC(=O)c3c(F)cccc3F)c3ccccc23)cc1. The predicted molar refractivity (Wildman–Crippen MR) is 145 cm³/mol. The predicted octanol–water partition coefficient (Wildman–Crippen LogP) is 6.42. The quantitative estimate of drug-likeness (QED) is 0.224. The molecule has 0 bridgehead atoms. The maximum absolute atomic E-state index is 13.9. The zero-order valence-corrected chi connectivity index (χ0v) is 21.4. The van der Waals surface area contributed by atoms with E-state index in [0.29, 0.717) is 6.54 Å². The number of aromatic nitrogens is 1. The van der Waals surface area contributed by atoms with Crippen LogP contribution in [0.4, 0.5) is 14.5 Å². The van der Waals surface area contributed by atoms with Gasteiger partial charge in [-0.1, -0.05) is 49.7 Å². The Bertz CT molecular complexity index is 1370. The molecular weight excluding hydrogens is 492 g/mol. The van der Waals surface area contributed by atoms with Crippen molar-refractivity contribution < 1.29 is 18.4 Å². The van der Waals surface area contributed by atoms with E-state index in [0.717, 1.165) is 52.9 Å². The van der Waals surface area contributed by atoms with Crippen LogP contribution in [-0.2, 0) is 17.8 Å². The second-order valence-corrected chi connectivity index (χ2v) is 9.71. The Morgan fingerprint density at radius 1 is 0.946 bits per heavy atom. The largest absolute Gasteiger partial charge is 0.350 e. The van der Waals surface area contributed by atoms with Gasteiger partial charge in [0.05, 0.1) is 5.75 Å². The van der Waals surface area contributed by atoms with Crippen LogP contribution in [0.15, 0.2) is 77.8 Å². The summed E-state index contributed by atoms with van der Waals surface area (Å²) in [5.41, 5.74) is 2.39. The third-order valence-corrected chi connectivity index (χ3v) is 7.04. The number of unbranched alkanes of at least 4 members (excludes halogenated alkanes) is 1. The van der Waals surface area contributed by atoms with Crippen LogP contribution in [-0.4, -0.2) is 28.7 Å². The summed E-state index contributed by atoms with van der Waals surface area (Å²) < 4.78 is 29.7. The minimum atomic E-state index is -0.895. The van der Waals surface area contributed by atoms with E-state index in [1.807, 2.05) is 59.3 Å². The van der Waals surface area contributed by atoms with Gasteiger partial charge in [0.25, 0.3) is 5.91 Å². The average molecular weight is 522 g/mol. The molecule has 1 aromatic heterocycles. The number of hydrogen-bond acceptors (Lipinski definition) is 3. The molecule has 0 atom stereocenters. The molecule has 3 aromatic carbocycles. The van der Waals surface area contributed by atoms with Crippen LogP contribution in [0.2, 0.25) is 0 Å². The van der Waals surface area contributed by atoms with Crippen molar-refractivity contribution in [1.29, 1.82) is 0 Å². The smallest absolute Gasteiger partial charge is 0.257 e. The topological polar surface area (TPSA) is 63.1 Å². The first kappa shape index (κ1) is 26.4. The van der Waals surface area contributed by atoms with Gasteiger partial charge in [-0.3, -0.25) is 9.59 Å². The summed E-state index contributed by atoms with van der Waals surface area (Å²) in [6.45, 7) is 2.75. The Morgan fingerprint density at radius 3 is 2.41 bits per heavy atom. The highest BCUT2D eigenvalue weighted by Gasteiger charge is 2.17. The van der Waals surface area contributed by atoms with Crippen molar-refractivity contribution in [1.82, 2.24) is 9.88 Å². The molecule has 192 valence electrons. The zero-order valence-electron chi connectivity index (χ0n) is 20.6. The Morgan fingerprint density at radius 2 is 1.68 bits per heavy atom. The van der Waals surface area contributed by atoms with Crippen LogP contribution in [0.5, 0.6) is 0 Å². The number of amides is 2. The lowest BCUT2D eigenvalue weighted by Crippen LogP contribution is -2.28. The maximum Gasteiger partial charge on any atom is 0.257 e. The molecule has 37 heavy (non-hydrogen) atoms. The maximum atomic E-state index is 13.9. The van der Waals surface area contributed by atoms with Crippen molar-refractivity contribution in [2.75, 3.05) is 17.6 Å². The van der Waals surface area contributed by atoms with Crippen molar-refractivity contribution in [2.45, 2.75) is 37.6 Å². The van der Waals surface area contributed by atoms with Crippen molar-refractivity contribution >= 4 is 40.2 Å². The number of fused-ring (bicyclic) bond motifs is 1. The van der Waals surface area contributed by atoms with Gasteiger partial charge >= 0.3 is 0 Å². The van der Waals surface area contributed by atoms with E-state index in [-0.39, 0.29) is 18.2 Å². The van der Waals surface area contributed by atoms with Crippen molar-refractivity contribution in [3.63, 3.8) is 0 Å². The normalized spacial score (nSPS) is 11.0. The van der Waals surface area contributed by atoms with E-state index >= 15 is 0 Å². The van der Waals surface area contributed by atoms with Crippen molar-refractivity contribution in [3.8, 4) is 0 Å². The van der Waals surface area contributed by atoms with E-state index in [2.05, 4.69) is 17.6 Å². The number of anilines is 1. The summed E-state index contributed by atoms with van der Waals surface area (Å²) in [6, 6.07) is 19.1. The molecule has 0 unspecified atom stereocenters. The molecule has 5 nitrogen and oxygen atoms in total. The first-order chi connectivity index (χ1) is 18.0. The van der Waals surface area contributed by atoms with E-state index in [1.165, 1.54) is 23.4 Å². The number of benzene rings is 3. The van der Waals surface area contributed by atoms with E-state index in [4.69, 9.17) is 0 Å². The van der Waals surface area contributed by atoms with Crippen LogP contribution in [0.25, 0.3) is 10.9 Å². The Labute approximate surface area is 219 Å². The van der Waals surface area contributed by atoms with E-state index < -0.39 is 23.1 Å². The highest BCUT2D eigenvalue weighted by atomic mass is 32.2. The van der Waals surface area contributed by atoms with Gasteiger partial charge < -0.3 is 15.2 Å². The minimum absolute atomic E-state index is 0.0951. The van der Waals surface area contributed by atoms with Gasteiger partial charge in [-0.2, -0.15) is 0 Å². The molecule has 0 aliphatic heterocycles. The first-order valence-corrected chi connectivity index (χ1v) is 13.3. The number of rotatable bonds is 11. The number of para-hydroxylation sites is 1. The lowest BCUT2D eigenvalue weighted by atomic mass is 10.1. The number of halogens is 2. The molecule has 0 aliphatic carbocycles. The summed E-state index contributed by atoms with van der Waals surface area (Å²) in [5.74, 6) is -2.44. The first-order valence-electron chi connectivity index (χ1n) is 12.3.